The van der Waals surface area contributed by atoms with Gasteiger partial charge in [0.15, 0.2) is 9.84 Å². The average Bonchev–Trinajstić information content (AvgIpc) is 3.13. The van der Waals surface area contributed by atoms with Gasteiger partial charge in [-0.2, -0.15) is 0 Å². The number of aliphatic carboxylic acids is 1. The summed E-state index contributed by atoms with van der Waals surface area (Å²) in [5.74, 6) is -1.44. The van der Waals surface area contributed by atoms with Crippen molar-refractivity contribution in [1.29, 1.82) is 0 Å². The number of likely N-dealkylation sites (tertiary alicyclic amines) is 1. The predicted octanol–water partition coefficient (Wildman–Crippen LogP) is 2.73. The normalized spacial score (nSPS) is 21.5. The van der Waals surface area contributed by atoms with Gasteiger partial charge in [-0.15, -0.1) is 0 Å². The van der Waals surface area contributed by atoms with Gasteiger partial charge in [0.05, 0.1) is 16.1 Å². The summed E-state index contributed by atoms with van der Waals surface area (Å²) >= 11 is 0. The lowest BCUT2D eigenvalue weighted by molar-refractivity contribution is -0.141. The maximum atomic E-state index is 12.8. The van der Waals surface area contributed by atoms with Gasteiger partial charge in [-0.3, -0.25) is 4.79 Å². The van der Waals surface area contributed by atoms with Crippen LogP contribution in [0.4, 0.5) is 10.5 Å². The van der Waals surface area contributed by atoms with Gasteiger partial charge in [-0.05, 0) is 37.5 Å². The van der Waals surface area contributed by atoms with Crippen molar-refractivity contribution < 1.29 is 23.1 Å². The van der Waals surface area contributed by atoms with Crippen LogP contribution < -0.4 is 5.32 Å². The van der Waals surface area contributed by atoms with Crippen LogP contribution in [-0.2, 0) is 14.6 Å². The molecule has 0 bridgehead atoms. The molecule has 1 saturated carbocycles. The molecule has 1 atom stereocenters. The second-order valence-corrected chi connectivity index (χ2v) is 9.26. The van der Waals surface area contributed by atoms with Crippen molar-refractivity contribution in [2.24, 2.45) is 5.92 Å². The minimum atomic E-state index is -3.40. The molecule has 0 radical (unpaired) electrons. The van der Waals surface area contributed by atoms with E-state index in [9.17, 15) is 18.0 Å². The third-order valence-electron chi connectivity index (χ3n) is 5.23. The number of urea groups is 1. The highest BCUT2D eigenvalue weighted by molar-refractivity contribution is 7.92. The molecule has 2 fully saturated rings. The number of carbonyl (C=O) groups is 2. The second-order valence-electron chi connectivity index (χ2n) is 7.03. The number of amides is 2. The highest BCUT2D eigenvalue weighted by Crippen LogP contribution is 2.29. The molecule has 2 aliphatic rings. The average molecular weight is 380 g/mol. The fourth-order valence-electron chi connectivity index (χ4n) is 3.67. The SMILES string of the molecule is O=C(O)C1CCN(C(=O)Nc2cccc(S(=O)(=O)C3CCCCC3)c2)C1. The van der Waals surface area contributed by atoms with Crippen LogP contribution in [0.3, 0.4) is 0 Å². The van der Waals surface area contributed by atoms with Crippen LogP contribution >= 0.6 is 0 Å². The van der Waals surface area contributed by atoms with Crippen LogP contribution in [0.1, 0.15) is 38.5 Å². The Morgan fingerprint density at radius 3 is 2.50 bits per heavy atom. The molecular weight excluding hydrogens is 356 g/mol. The lowest BCUT2D eigenvalue weighted by Gasteiger charge is -2.22. The zero-order valence-electron chi connectivity index (χ0n) is 14.6. The summed E-state index contributed by atoms with van der Waals surface area (Å²) in [6.07, 6.45) is 4.74. The van der Waals surface area contributed by atoms with Crippen molar-refractivity contribution in [2.75, 3.05) is 18.4 Å². The van der Waals surface area contributed by atoms with Gasteiger partial charge in [-0.1, -0.05) is 25.3 Å². The summed E-state index contributed by atoms with van der Waals surface area (Å²) in [4.78, 5) is 25.0. The predicted molar refractivity (Wildman–Crippen MR) is 96.8 cm³/mol. The van der Waals surface area contributed by atoms with Gasteiger partial charge in [0.2, 0.25) is 0 Å². The Balaban J connectivity index is 1.69. The number of carbonyl (C=O) groups excluding carboxylic acids is 1. The molecule has 2 amide bonds. The summed E-state index contributed by atoms with van der Waals surface area (Å²) in [5, 5.41) is 11.4. The van der Waals surface area contributed by atoms with Gasteiger partial charge in [0, 0.05) is 18.8 Å². The molecule has 1 aliphatic carbocycles. The third-order valence-corrected chi connectivity index (χ3v) is 7.49. The lowest BCUT2D eigenvalue weighted by atomic mass is 10.0. The number of hydrogen-bond acceptors (Lipinski definition) is 4. The van der Waals surface area contributed by atoms with Crippen LogP contribution in [-0.4, -0.2) is 48.8 Å². The summed E-state index contributed by atoms with van der Waals surface area (Å²) in [5.41, 5.74) is 0.408. The van der Waals surface area contributed by atoms with Crippen molar-refractivity contribution >= 4 is 27.5 Å². The van der Waals surface area contributed by atoms with Crippen LogP contribution in [0.25, 0.3) is 0 Å². The molecular formula is C18H24N2O5S. The molecule has 1 aromatic carbocycles. The quantitative estimate of drug-likeness (QED) is 0.836. The van der Waals surface area contributed by atoms with Gasteiger partial charge in [0.25, 0.3) is 0 Å². The Kier molecular flexibility index (Phi) is 5.50. The molecule has 0 spiro atoms. The van der Waals surface area contributed by atoms with Crippen LogP contribution in [0.5, 0.6) is 0 Å². The zero-order valence-corrected chi connectivity index (χ0v) is 15.4. The number of nitrogens with one attached hydrogen (secondary N) is 1. The van der Waals surface area contributed by atoms with Gasteiger partial charge in [-0.25, -0.2) is 13.2 Å². The fourth-order valence-corrected chi connectivity index (χ4v) is 5.57. The van der Waals surface area contributed by atoms with Gasteiger partial charge >= 0.3 is 12.0 Å². The number of benzene rings is 1. The fraction of sp³-hybridized carbons (Fsp3) is 0.556. The van der Waals surface area contributed by atoms with E-state index in [2.05, 4.69) is 5.32 Å². The molecule has 8 heteroatoms. The summed E-state index contributed by atoms with van der Waals surface area (Å²) in [6, 6.07) is 5.92. The van der Waals surface area contributed by atoms with E-state index in [0.29, 0.717) is 31.5 Å². The Morgan fingerprint density at radius 1 is 1.12 bits per heavy atom. The molecule has 26 heavy (non-hydrogen) atoms. The van der Waals surface area contributed by atoms with Crippen molar-refractivity contribution in [1.82, 2.24) is 4.90 Å². The first-order valence-corrected chi connectivity index (χ1v) is 10.6. The van der Waals surface area contributed by atoms with E-state index < -0.39 is 27.8 Å². The molecule has 1 aromatic rings. The molecule has 1 unspecified atom stereocenters. The molecule has 7 nitrogen and oxygen atoms in total. The molecule has 1 heterocycles. The Bertz CT molecular complexity index is 787. The monoisotopic (exact) mass is 380 g/mol. The van der Waals surface area contributed by atoms with Crippen LogP contribution in [0.15, 0.2) is 29.2 Å². The molecule has 1 saturated heterocycles. The van der Waals surface area contributed by atoms with Crippen molar-refractivity contribution in [2.45, 2.75) is 48.7 Å². The van der Waals surface area contributed by atoms with E-state index in [1.165, 1.54) is 11.0 Å². The number of nitrogens with zero attached hydrogens (tertiary/aromatic N) is 1. The maximum absolute atomic E-state index is 12.8. The molecule has 3 rings (SSSR count). The number of hydrogen-bond donors (Lipinski definition) is 2. The van der Waals surface area contributed by atoms with E-state index in [1.807, 2.05) is 0 Å². The highest BCUT2D eigenvalue weighted by Gasteiger charge is 2.31. The maximum Gasteiger partial charge on any atom is 0.321 e. The lowest BCUT2D eigenvalue weighted by Crippen LogP contribution is -2.33. The first kappa shape index (κ1) is 18.7. The highest BCUT2D eigenvalue weighted by atomic mass is 32.2. The van der Waals surface area contributed by atoms with Crippen molar-refractivity contribution in [3.63, 3.8) is 0 Å². The van der Waals surface area contributed by atoms with Crippen molar-refractivity contribution in [3.8, 4) is 0 Å². The molecule has 2 N–H and O–H groups in total. The van der Waals surface area contributed by atoms with Crippen LogP contribution in [0.2, 0.25) is 0 Å². The third kappa shape index (κ3) is 4.00. The zero-order chi connectivity index (χ0) is 18.7. The summed E-state index contributed by atoms with van der Waals surface area (Å²) in [6.45, 7) is 0.546. The molecule has 142 valence electrons. The minimum Gasteiger partial charge on any atom is -0.481 e. The number of anilines is 1. The second kappa shape index (κ2) is 7.65. The number of rotatable bonds is 4. The first-order chi connectivity index (χ1) is 12.4. The molecule has 0 aromatic heterocycles. The molecule has 1 aliphatic heterocycles. The number of sulfone groups is 1. The van der Waals surface area contributed by atoms with E-state index >= 15 is 0 Å². The van der Waals surface area contributed by atoms with E-state index in [-0.39, 0.29) is 16.7 Å². The Morgan fingerprint density at radius 2 is 1.85 bits per heavy atom. The largest absolute Gasteiger partial charge is 0.481 e. The van der Waals surface area contributed by atoms with Crippen LogP contribution in [0, 0.1) is 5.92 Å². The van der Waals surface area contributed by atoms with Crippen molar-refractivity contribution in [3.05, 3.63) is 24.3 Å². The van der Waals surface area contributed by atoms with Gasteiger partial charge in [0.1, 0.15) is 0 Å². The number of carboxylic acid groups (broad SMARTS) is 1. The summed E-state index contributed by atoms with van der Waals surface area (Å²) in [7, 11) is -3.40. The van der Waals surface area contributed by atoms with Gasteiger partial charge < -0.3 is 15.3 Å². The topological polar surface area (TPSA) is 104 Å². The number of carboxylic acids is 1. The summed E-state index contributed by atoms with van der Waals surface area (Å²) < 4.78 is 25.6. The van der Waals surface area contributed by atoms with E-state index in [4.69, 9.17) is 5.11 Å². The minimum absolute atomic E-state index is 0.168. The van der Waals surface area contributed by atoms with E-state index in [1.54, 1.807) is 18.2 Å². The van der Waals surface area contributed by atoms with E-state index in [0.717, 1.165) is 19.3 Å². The first-order valence-electron chi connectivity index (χ1n) is 9.00. The smallest absolute Gasteiger partial charge is 0.321 e. The standard InChI is InChI=1S/C18H24N2O5S/c21-17(22)13-9-10-20(12-13)18(23)19-14-5-4-8-16(11-14)26(24,25)15-6-2-1-3-7-15/h4-5,8,11,13,15H,1-3,6-7,9-10,12H2,(H,19,23)(H,21,22). The Labute approximate surface area is 153 Å². The Hall–Kier alpha value is -2.09.